The predicted octanol–water partition coefficient (Wildman–Crippen LogP) is 2.71. The normalized spacial score (nSPS) is 19.1. The number of likely N-dealkylation sites (tertiary alicyclic amines) is 1. The van der Waals surface area contributed by atoms with Gasteiger partial charge in [0.25, 0.3) is 0 Å². The summed E-state index contributed by atoms with van der Waals surface area (Å²) < 4.78 is 6.63. The Hall–Kier alpha value is -2.72. The molecule has 0 aliphatic carbocycles. The van der Waals surface area contributed by atoms with Crippen LogP contribution in [0.15, 0.2) is 42.5 Å². The van der Waals surface area contributed by atoms with Crippen LogP contribution >= 0.6 is 22.9 Å². The highest BCUT2D eigenvalue weighted by molar-refractivity contribution is 7.22. The largest absolute Gasteiger partial charge is 0.486 e. The van der Waals surface area contributed by atoms with Gasteiger partial charge in [-0.05, 0) is 36.4 Å². The number of anilines is 1. The number of carboxylic acid groups (broad SMARTS) is 1. The van der Waals surface area contributed by atoms with Gasteiger partial charge in [-0.1, -0.05) is 29.0 Å². The lowest BCUT2D eigenvalue weighted by Crippen LogP contribution is -2.33. The van der Waals surface area contributed by atoms with Crippen LogP contribution in [0.5, 0.6) is 5.75 Å². The Labute approximate surface area is 180 Å². The number of carboxylic acids is 1. The van der Waals surface area contributed by atoms with Crippen LogP contribution in [0.3, 0.4) is 0 Å². The minimum absolute atomic E-state index is 0.0722. The van der Waals surface area contributed by atoms with E-state index in [4.69, 9.17) is 21.4 Å². The number of thiazole rings is 1. The molecule has 3 N–H and O–H groups in total. The van der Waals surface area contributed by atoms with Crippen molar-refractivity contribution in [1.29, 1.82) is 0 Å². The third kappa shape index (κ3) is 4.71. The molecular formula is C20H18ClN3O5S. The summed E-state index contributed by atoms with van der Waals surface area (Å²) in [4.78, 5) is 29.6. The zero-order chi connectivity index (χ0) is 21.3. The van der Waals surface area contributed by atoms with E-state index in [1.807, 2.05) is 0 Å². The smallest absolute Gasteiger partial charge is 0.335 e. The first kappa shape index (κ1) is 20.5. The average Bonchev–Trinajstić information content (AvgIpc) is 3.23. The third-order valence-electron chi connectivity index (χ3n) is 4.65. The second-order valence-electron chi connectivity index (χ2n) is 6.93. The second-order valence-corrected chi connectivity index (χ2v) is 8.40. The number of carbonyl (C=O) groups is 2. The molecule has 156 valence electrons. The molecule has 2 aromatic carbocycles. The zero-order valence-corrected chi connectivity index (χ0v) is 17.2. The highest BCUT2D eigenvalue weighted by Crippen LogP contribution is 2.28. The molecule has 4 rings (SSSR count). The number of aliphatic hydroxyl groups excluding tert-OH is 1. The van der Waals surface area contributed by atoms with Crippen molar-refractivity contribution in [3.8, 4) is 5.75 Å². The quantitative estimate of drug-likeness (QED) is 0.532. The molecule has 1 fully saturated rings. The molecule has 0 spiro atoms. The van der Waals surface area contributed by atoms with Gasteiger partial charge in [0.1, 0.15) is 18.0 Å². The Morgan fingerprint density at radius 2 is 2.10 bits per heavy atom. The van der Waals surface area contributed by atoms with Crippen molar-refractivity contribution in [3.63, 3.8) is 0 Å². The van der Waals surface area contributed by atoms with E-state index < -0.39 is 18.2 Å². The Morgan fingerprint density at radius 1 is 1.27 bits per heavy atom. The fourth-order valence-corrected chi connectivity index (χ4v) is 4.43. The Bertz CT molecular complexity index is 1100. The number of carbonyl (C=O) groups excluding carboxylic acids is 1. The van der Waals surface area contributed by atoms with Gasteiger partial charge in [0.15, 0.2) is 5.13 Å². The number of aromatic nitrogens is 1. The van der Waals surface area contributed by atoms with E-state index in [0.29, 0.717) is 22.4 Å². The van der Waals surface area contributed by atoms with E-state index in [1.165, 1.54) is 23.5 Å². The van der Waals surface area contributed by atoms with Crippen molar-refractivity contribution >= 4 is 50.2 Å². The molecule has 10 heteroatoms. The molecule has 0 unspecified atom stereocenters. The molecule has 1 aliphatic rings. The molecule has 0 saturated carbocycles. The van der Waals surface area contributed by atoms with Crippen molar-refractivity contribution in [2.24, 2.45) is 0 Å². The lowest BCUT2D eigenvalue weighted by molar-refractivity contribution is -0.117. The van der Waals surface area contributed by atoms with Crippen LogP contribution in [0.4, 0.5) is 5.13 Å². The van der Waals surface area contributed by atoms with Gasteiger partial charge >= 0.3 is 5.97 Å². The number of β-amino-alcohol motifs (C(OH)–C–C–N with tert-alkyl or cyclic N) is 1. The monoisotopic (exact) mass is 447 g/mol. The lowest BCUT2D eigenvalue weighted by atomic mass is 10.2. The number of aromatic carboxylic acids is 1. The highest BCUT2D eigenvalue weighted by Gasteiger charge is 2.34. The average molecular weight is 448 g/mol. The number of nitrogens with zero attached hydrogens (tertiary/aromatic N) is 2. The molecule has 1 amide bonds. The van der Waals surface area contributed by atoms with Crippen LogP contribution in [0, 0.1) is 0 Å². The molecule has 1 aromatic heterocycles. The van der Waals surface area contributed by atoms with Crippen molar-refractivity contribution in [1.82, 2.24) is 9.88 Å². The number of aliphatic hydroxyl groups is 1. The SMILES string of the molecule is O=C(CN1C[C@@H](O)[C@H](Oc2cccc(C(=O)O)c2)C1)Nc1nc2ccc(Cl)cc2s1. The van der Waals surface area contributed by atoms with Crippen molar-refractivity contribution < 1.29 is 24.5 Å². The number of nitrogens with one attached hydrogen (secondary N) is 1. The number of amides is 1. The van der Waals surface area contributed by atoms with Gasteiger partial charge in [-0.15, -0.1) is 0 Å². The maximum Gasteiger partial charge on any atom is 0.335 e. The summed E-state index contributed by atoms with van der Waals surface area (Å²) >= 11 is 7.31. The Kier molecular flexibility index (Phi) is 5.87. The Balaban J connectivity index is 1.34. The molecule has 3 aromatic rings. The van der Waals surface area contributed by atoms with Crippen LogP contribution in [-0.2, 0) is 4.79 Å². The van der Waals surface area contributed by atoms with Crippen LogP contribution < -0.4 is 10.1 Å². The number of hydrogen-bond donors (Lipinski definition) is 3. The van der Waals surface area contributed by atoms with Gasteiger partial charge in [-0.2, -0.15) is 0 Å². The molecular weight excluding hydrogens is 430 g/mol. The van der Waals surface area contributed by atoms with Gasteiger partial charge in [0.05, 0.1) is 22.3 Å². The summed E-state index contributed by atoms with van der Waals surface area (Å²) in [5.41, 5.74) is 0.863. The summed E-state index contributed by atoms with van der Waals surface area (Å²) in [6.45, 7) is 0.677. The first-order valence-electron chi connectivity index (χ1n) is 9.14. The fourth-order valence-electron chi connectivity index (χ4n) is 3.27. The van der Waals surface area contributed by atoms with Gasteiger partial charge in [0.2, 0.25) is 5.91 Å². The topological polar surface area (TPSA) is 112 Å². The highest BCUT2D eigenvalue weighted by atomic mass is 35.5. The molecule has 30 heavy (non-hydrogen) atoms. The molecule has 0 bridgehead atoms. The van der Waals surface area contributed by atoms with Crippen LogP contribution in [0.2, 0.25) is 5.02 Å². The predicted molar refractivity (Wildman–Crippen MR) is 114 cm³/mol. The second kappa shape index (κ2) is 8.57. The molecule has 1 saturated heterocycles. The first-order chi connectivity index (χ1) is 14.4. The molecule has 2 heterocycles. The number of rotatable bonds is 6. The first-order valence-corrected chi connectivity index (χ1v) is 10.3. The number of benzene rings is 2. The number of hydrogen-bond acceptors (Lipinski definition) is 7. The van der Waals surface area contributed by atoms with E-state index in [9.17, 15) is 14.7 Å². The number of ether oxygens (including phenoxy) is 1. The van der Waals surface area contributed by atoms with E-state index >= 15 is 0 Å². The molecule has 2 atom stereocenters. The van der Waals surface area contributed by atoms with Crippen molar-refractivity contribution in [3.05, 3.63) is 53.1 Å². The molecule has 0 radical (unpaired) electrons. The molecule has 8 nitrogen and oxygen atoms in total. The van der Waals surface area contributed by atoms with Gasteiger partial charge in [0, 0.05) is 18.1 Å². The lowest BCUT2D eigenvalue weighted by Gasteiger charge is -2.17. The van der Waals surface area contributed by atoms with Gasteiger partial charge < -0.3 is 20.3 Å². The van der Waals surface area contributed by atoms with Crippen LogP contribution in [0.25, 0.3) is 10.2 Å². The summed E-state index contributed by atoms with van der Waals surface area (Å²) in [6.07, 6.45) is -1.36. The van der Waals surface area contributed by atoms with E-state index in [-0.39, 0.29) is 24.6 Å². The zero-order valence-electron chi connectivity index (χ0n) is 15.6. The summed E-state index contributed by atoms with van der Waals surface area (Å²) in [5.74, 6) is -0.942. The number of halogens is 1. The minimum atomic E-state index is -1.05. The fraction of sp³-hybridized carbons (Fsp3) is 0.250. The summed E-state index contributed by atoms with van der Waals surface area (Å²) in [6, 6.07) is 11.4. The van der Waals surface area contributed by atoms with E-state index in [1.54, 1.807) is 35.2 Å². The number of fused-ring (bicyclic) bond motifs is 1. The summed E-state index contributed by atoms with van der Waals surface area (Å²) in [5, 5.41) is 23.2. The summed E-state index contributed by atoms with van der Waals surface area (Å²) in [7, 11) is 0. The van der Waals surface area contributed by atoms with Crippen LogP contribution in [0.1, 0.15) is 10.4 Å². The Morgan fingerprint density at radius 3 is 2.90 bits per heavy atom. The van der Waals surface area contributed by atoms with Gasteiger partial charge in [-0.25, -0.2) is 9.78 Å². The minimum Gasteiger partial charge on any atom is -0.486 e. The maximum atomic E-state index is 12.4. The third-order valence-corrected chi connectivity index (χ3v) is 5.81. The maximum absolute atomic E-state index is 12.4. The molecule has 1 aliphatic heterocycles. The van der Waals surface area contributed by atoms with Gasteiger partial charge in [-0.3, -0.25) is 9.69 Å². The van der Waals surface area contributed by atoms with Crippen molar-refractivity contribution in [2.45, 2.75) is 12.2 Å². The standard InChI is InChI=1S/C20H18ClN3O5S/c21-12-4-5-14-17(7-12)30-20(22-14)23-18(26)10-24-8-15(25)16(9-24)29-13-3-1-2-11(6-13)19(27)28/h1-7,15-16,25H,8-10H2,(H,27,28)(H,22,23,26)/t15-,16-/m1/s1. The van der Waals surface area contributed by atoms with Crippen LogP contribution in [-0.4, -0.2) is 63.8 Å². The van der Waals surface area contributed by atoms with Crippen molar-refractivity contribution in [2.75, 3.05) is 25.0 Å². The van der Waals surface area contributed by atoms with E-state index in [0.717, 1.165) is 10.2 Å². The van der Waals surface area contributed by atoms with E-state index in [2.05, 4.69) is 10.3 Å².